The van der Waals surface area contributed by atoms with Crippen LogP contribution in [0.4, 0.5) is 4.39 Å². The Kier molecular flexibility index (Phi) is 4.44. The molecule has 86 valence electrons. The van der Waals surface area contributed by atoms with Gasteiger partial charge in [-0.2, -0.15) is 0 Å². The van der Waals surface area contributed by atoms with Gasteiger partial charge in [-0.1, -0.05) is 0 Å². The molecule has 0 aromatic heterocycles. The average Bonchev–Trinajstić information content (AvgIpc) is 2.29. The van der Waals surface area contributed by atoms with Crippen LogP contribution < -0.4 is 10.6 Å². The summed E-state index contributed by atoms with van der Waals surface area (Å²) in [5.74, 6) is -0.842. The van der Waals surface area contributed by atoms with E-state index in [0.29, 0.717) is 5.56 Å². The highest BCUT2D eigenvalue weighted by atomic mass is 19.1. The Morgan fingerprint density at radius 2 is 1.88 bits per heavy atom. The third-order valence-corrected chi connectivity index (χ3v) is 2.02. The summed E-state index contributed by atoms with van der Waals surface area (Å²) in [6, 6.07) is 5.22. The van der Waals surface area contributed by atoms with E-state index >= 15 is 0 Å². The minimum Gasteiger partial charge on any atom is -0.359 e. The molecule has 0 bridgehead atoms. The molecular formula is C11H13FN2O2. The molecule has 0 saturated heterocycles. The third kappa shape index (κ3) is 3.68. The highest BCUT2D eigenvalue weighted by Crippen LogP contribution is 2.02. The Balaban J connectivity index is 2.41. The Hall–Kier alpha value is -1.91. The topological polar surface area (TPSA) is 58.2 Å². The van der Waals surface area contributed by atoms with E-state index in [1.54, 1.807) is 0 Å². The van der Waals surface area contributed by atoms with Gasteiger partial charge < -0.3 is 10.6 Å². The molecule has 0 fully saturated rings. The van der Waals surface area contributed by atoms with Crippen LogP contribution in [0.15, 0.2) is 24.3 Å². The molecule has 0 saturated carbocycles. The third-order valence-electron chi connectivity index (χ3n) is 2.02. The molecule has 2 N–H and O–H groups in total. The van der Waals surface area contributed by atoms with Crippen LogP contribution in [0, 0.1) is 5.82 Å². The van der Waals surface area contributed by atoms with Crippen LogP contribution in [-0.4, -0.2) is 25.4 Å². The van der Waals surface area contributed by atoms with Gasteiger partial charge in [0.25, 0.3) is 5.91 Å². The van der Waals surface area contributed by atoms with Crippen molar-refractivity contribution in [1.29, 1.82) is 0 Å². The fourth-order valence-electron chi connectivity index (χ4n) is 1.12. The number of rotatable bonds is 4. The molecule has 16 heavy (non-hydrogen) atoms. The zero-order valence-corrected chi connectivity index (χ0v) is 8.92. The predicted octanol–water partition coefficient (Wildman–Crippen LogP) is 0.692. The maximum absolute atomic E-state index is 12.6. The molecule has 1 aromatic rings. The van der Waals surface area contributed by atoms with E-state index in [4.69, 9.17) is 0 Å². The average molecular weight is 224 g/mol. The number of carbonyl (C=O) groups excluding carboxylic acids is 2. The van der Waals surface area contributed by atoms with Crippen LogP contribution in [0.3, 0.4) is 0 Å². The Bertz CT molecular complexity index is 376. The minimum atomic E-state index is -0.387. The standard InChI is InChI=1S/C11H13FN2O2/c1-13-10(15)6-7-14-11(16)8-2-4-9(12)5-3-8/h2-5H,6-7H2,1H3,(H,13,15)(H,14,16). The second-order valence-corrected chi connectivity index (χ2v) is 3.19. The van der Waals surface area contributed by atoms with Crippen LogP contribution >= 0.6 is 0 Å². The smallest absolute Gasteiger partial charge is 0.251 e. The number of nitrogens with one attached hydrogen (secondary N) is 2. The van der Waals surface area contributed by atoms with Crippen molar-refractivity contribution >= 4 is 11.8 Å². The highest BCUT2D eigenvalue weighted by molar-refractivity contribution is 5.94. The van der Waals surface area contributed by atoms with Crippen LogP contribution in [0.5, 0.6) is 0 Å². The molecule has 0 unspecified atom stereocenters. The van der Waals surface area contributed by atoms with Crippen molar-refractivity contribution < 1.29 is 14.0 Å². The summed E-state index contributed by atoms with van der Waals surface area (Å²) >= 11 is 0. The molecule has 1 rings (SSSR count). The Labute approximate surface area is 92.8 Å². The van der Waals surface area contributed by atoms with E-state index < -0.39 is 0 Å². The minimum absolute atomic E-state index is 0.139. The quantitative estimate of drug-likeness (QED) is 0.790. The normalized spacial score (nSPS) is 9.62. The van der Waals surface area contributed by atoms with Crippen LogP contribution in [0.25, 0.3) is 0 Å². The first-order valence-corrected chi connectivity index (χ1v) is 4.88. The van der Waals surface area contributed by atoms with Gasteiger partial charge >= 0.3 is 0 Å². The van der Waals surface area contributed by atoms with Crippen LogP contribution in [-0.2, 0) is 4.79 Å². The van der Waals surface area contributed by atoms with Crippen molar-refractivity contribution in [2.75, 3.05) is 13.6 Å². The lowest BCUT2D eigenvalue weighted by atomic mass is 10.2. The monoisotopic (exact) mass is 224 g/mol. The summed E-state index contributed by atoms with van der Waals surface area (Å²) in [7, 11) is 1.53. The highest BCUT2D eigenvalue weighted by Gasteiger charge is 2.05. The van der Waals surface area contributed by atoms with Gasteiger partial charge in [0.15, 0.2) is 0 Å². The number of hydrogen-bond donors (Lipinski definition) is 2. The molecule has 2 amide bonds. The number of hydrogen-bond acceptors (Lipinski definition) is 2. The summed E-state index contributed by atoms with van der Waals surface area (Å²) in [5, 5.41) is 5.01. The largest absolute Gasteiger partial charge is 0.359 e. The molecule has 0 atom stereocenters. The zero-order chi connectivity index (χ0) is 12.0. The van der Waals surface area contributed by atoms with Crippen molar-refractivity contribution in [2.24, 2.45) is 0 Å². The molecule has 0 aliphatic carbocycles. The lowest BCUT2D eigenvalue weighted by Crippen LogP contribution is -2.29. The Morgan fingerprint density at radius 1 is 1.25 bits per heavy atom. The molecular weight excluding hydrogens is 211 g/mol. The van der Waals surface area contributed by atoms with Gasteiger partial charge in [-0.25, -0.2) is 4.39 Å². The molecule has 0 radical (unpaired) electrons. The first kappa shape index (κ1) is 12.2. The molecule has 4 nitrogen and oxygen atoms in total. The van der Waals surface area contributed by atoms with E-state index in [0.717, 1.165) is 0 Å². The van der Waals surface area contributed by atoms with E-state index in [9.17, 15) is 14.0 Å². The van der Waals surface area contributed by atoms with E-state index in [-0.39, 0.29) is 30.6 Å². The number of halogens is 1. The number of benzene rings is 1. The van der Waals surface area contributed by atoms with E-state index in [2.05, 4.69) is 10.6 Å². The second kappa shape index (κ2) is 5.85. The van der Waals surface area contributed by atoms with E-state index in [1.807, 2.05) is 0 Å². The van der Waals surface area contributed by atoms with Crippen LogP contribution in [0.2, 0.25) is 0 Å². The predicted molar refractivity (Wildman–Crippen MR) is 57.4 cm³/mol. The first-order valence-electron chi connectivity index (χ1n) is 4.88. The molecule has 0 aliphatic heterocycles. The maximum atomic E-state index is 12.6. The van der Waals surface area contributed by atoms with Gasteiger partial charge in [0.05, 0.1) is 0 Å². The molecule has 0 spiro atoms. The maximum Gasteiger partial charge on any atom is 0.251 e. The summed E-state index contributed by atoms with van der Waals surface area (Å²) in [6.07, 6.45) is 0.226. The molecule has 0 aliphatic rings. The van der Waals surface area contributed by atoms with Gasteiger partial charge in [0, 0.05) is 25.6 Å². The summed E-state index contributed by atoms with van der Waals surface area (Å²) in [4.78, 5) is 22.3. The lowest BCUT2D eigenvalue weighted by Gasteiger charge is -2.04. The second-order valence-electron chi connectivity index (χ2n) is 3.19. The van der Waals surface area contributed by atoms with Crippen molar-refractivity contribution in [1.82, 2.24) is 10.6 Å². The molecule has 0 heterocycles. The fourth-order valence-corrected chi connectivity index (χ4v) is 1.12. The first-order chi connectivity index (χ1) is 7.63. The van der Waals surface area contributed by atoms with Gasteiger partial charge in [0.2, 0.25) is 5.91 Å². The summed E-state index contributed by atoms with van der Waals surface area (Å²) in [6.45, 7) is 0.260. The van der Waals surface area contributed by atoms with Crippen molar-refractivity contribution in [3.05, 3.63) is 35.6 Å². The summed E-state index contributed by atoms with van der Waals surface area (Å²) in [5.41, 5.74) is 0.373. The summed E-state index contributed by atoms with van der Waals surface area (Å²) < 4.78 is 12.6. The van der Waals surface area contributed by atoms with Gasteiger partial charge in [0.1, 0.15) is 5.82 Å². The van der Waals surface area contributed by atoms with Gasteiger partial charge in [-0.15, -0.1) is 0 Å². The van der Waals surface area contributed by atoms with E-state index in [1.165, 1.54) is 31.3 Å². The van der Waals surface area contributed by atoms with Crippen molar-refractivity contribution in [2.45, 2.75) is 6.42 Å². The fraction of sp³-hybridized carbons (Fsp3) is 0.273. The lowest BCUT2D eigenvalue weighted by molar-refractivity contribution is -0.120. The van der Waals surface area contributed by atoms with Crippen molar-refractivity contribution in [3.63, 3.8) is 0 Å². The number of carbonyl (C=O) groups is 2. The molecule has 5 heteroatoms. The number of amides is 2. The Morgan fingerprint density at radius 3 is 2.44 bits per heavy atom. The zero-order valence-electron chi connectivity index (χ0n) is 8.92. The van der Waals surface area contributed by atoms with Crippen molar-refractivity contribution in [3.8, 4) is 0 Å². The SMILES string of the molecule is CNC(=O)CCNC(=O)c1ccc(F)cc1. The molecule has 1 aromatic carbocycles. The van der Waals surface area contributed by atoms with Gasteiger partial charge in [-0.3, -0.25) is 9.59 Å². The van der Waals surface area contributed by atoms with Crippen LogP contribution in [0.1, 0.15) is 16.8 Å². The van der Waals surface area contributed by atoms with Gasteiger partial charge in [-0.05, 0) is 24.3 Å².